The van der Waals surface area contributed by atoms with Crippen LogP contribution in [0.25, 0.3) is 11.3 Å². The van der Waals surface area contributed by atoms with Crippen molar-refractivity contribution in [2.45, 2.75) is 51.1 Å². The number of anilines is 2. The predicted molar refractivity (Wildman–Crippen MR) is 118 cm³/mol. The number of benzene rings is 2. The number of halogens is 5. The molecule has 0 spiro atoms. The lowest BCUT2D eigenvalue weighted by molar-refractivity contribution is -0.274. The smallest absolute Gasteiger partial charge is 0.406 e. The number of hydrogen-bond donors (Lipinski definition) is 2. The molecule has 0 amide bonds. The van der Waals surface area contributed by atoms with Gasteiger partial charge in [0, 0.05) is 30.3 Å². The maximum Gasteiger partial charge on any atom is 0.573 e. The van der Waals surface area contributed by atoms with Crippen LogP contribution >= 0.6 is 0 Å². The van der Waals surface area contributed by atoms with Crippen molar-refractivity contribution in [1.82, 2.24) is 9.97 Å². The van der Waals surface area contributed by atoms with Crippen molar-refractivity contribution in [3.63, 3.8) is 0 Å². The Morgan fingerprint density at radius 3 is 2.35 bits per heavy atom. The van der Waals surface area contributed by atoms with E-state index in [2.05, 4.69) is 25.3 Å². The third kappa shape index (κ3) is 6.79. The third-order valence-corrected chi connectivity index (χ3v) is 5.42. The molecular formula is C24H23F5N4O. The summed E-state index contributed by atoms with van der Waals surface area (Å²) in [5.74, 6) is -1.08. The SMILES string of the molecule is Fc1cc(F)cc(CNc2cc(-c3cccc(OC(F)(F)F)c3)nc(NC3CCCCC3)n2)c1. The largest absolute Gasteiger partial charge is 0.573 e. The molecule has 1 saturated carbocycles. The van der Waals surface area contributed by atoms with Gasteiger partial charge in [-0.05, 0) is 42.7 Å². The lowest BCUT2D eigenvalue weighted by Crippen LogP contribution is -2.23. The van der Waals surface area contributed by atoms with E-state index in [-0.39, 0.29) is 18.3 Å². The molecule has 0 atom stereocenters. The highest BCUT2D eigenvalue weighted by Gasteiger charge is 2.31. The second-order valence-corrected chi connectivity index (χ2v) is 8.15. The average molecular weight is 478 g/mol. The number of aromatic nitrogens is 2. The fourth-order valence-corrected chi connectivity index (χ4v) is 3.94. The van der Waals surface area contributed by atoms with E-state index in [1.165, 1.54) is 36.8 Å². The number of nitrogens with one attached hydrogen (secondary N) is 2. The van der Waals surface area contributed by atoms with E-state index >= 15 is 0 Å². The van der Waals surface area contributed by atoms with Gasteiger partial charge in [0.25, 0.3) is 0 Å². The maximum absolute atomic E-state index is 13.5. The molecule has 180 valence electrons. The first-order valence-electron chi connectivity index (χ1n) is 10.9. The average Bonchev–Trinajstić information content (AvgIpc) is 2.77. The van der Waals surface area contributed by atoms with E-state index in [0.717, 1.165) is 31.7 Å². The summed E-state index contributed by atoms with van der Waals surface area (Å²) in [6.07, 6.45) is 0.462. The summed E-state index contributed by atoms with van der Waals surface area (Å²) in [4.78, 5) is 8.96. The second-order valence-electron chi connectivity index (χ2n) is 8.15. The van der Waals surface area contributed by atoms with Gasteiger partial charge < -0.3 is 15.4 Å². The van der Waals surface area contributed by atoms with Crippen molar-refractivity contribution in [1.29, 1.82) is 0 Å². The third-order valence-electron chi connectivity index (χ3n) is 5.42. The van der Waals surface area contributed by atoms with Gasteiger partial charge in [-0.2, -0.15) is 4.98 Å². The summed E-state index contributed by atoms with van der Waals surface area (Å²) in [6, 6.07) is 10.5. The normalized spacial score (nSPS) is 14.6. The zero-order chi connectivity index (χ0) is 24.1. The van der Waals surface area contributed by atoms with Crippen LogP contribution in [0.4, 0.5) is 33.7 Å². The monoisotopic (exact) mass is 478 g/mol. The Morgan fingerprint density at radius 1 is 0.912 bits per heavy atom. The summed E-state index contributed by atoms with van der Waals surface area (Å²) >= 11 is 0. The summed E-state index contributed by atoms with van der Waals surface area (Å²) in [6.45, 7) is 0.0885. The number of rotatable bonds is 7. The van der Waals surface area contributed by atoms with Gasteiger partial charge in [0.05, 0.1) is 5.69 Å². The van der Waals surface area contributed by atoms with Gasteiger partial charge >= 0.3 is 6.36 Å². The van der Waals surface area contributed by atoms with Crippen LogP contribution in [0.5, 0.6) is 5.75 Å². The fourth-order valence-electron chi connectivity index (χ4n) is 3.94. The minimum absolute atomic E-state index is 0.0885. The van der Waals surface area contributed by atoms with E-state index in [0.29, 0.717) is 28.6 Å². The molecule has 1 fully saturated rings. The molecule has 2 N–H and O–H groups in total. The number of ether oxygens (including phenoxy) is 1. The molecule has 4 rings (SSSR count). The van der Waals surface area contributed by atoms with E-state index in [9.17, 15) is 22.0 Å². The zero-order valence-corrected chi connectivity index (χ0v) is 18.1. The van der Waals surface area contributed by atoms with Gasteiger partial charge in [-0.25, -0.2) is 13.8 Å². The lowest BCUT2D eigenvalue weighted by Gasteiger charge is -2.23. The Hall–Kier alpha value is -3.43. The summed E-state index contributed by atoms with van der Waals surface area (Å²) in [5, 5.41) is 6.33. The highest BCUT2D eigenvalue weighted by atomic mass is 19.4. The van der Waals surface area contributed by atoms with Crippen LogP contribution in [0.2, 0.25) is 0 Å². The van der Waals surface area contributed by atoms with E-state index in [1.54, 1.807) is 12.1 Å². The Labute approximate surface area is 193 Å². The molecule has 3 aromatic rings. The van der Waals surface area contributed by atoms with Crippen molar-refractivity contribution in [2.24, 2.45) is 0 Å². The van der Waals surface area contributed by atoms with Gasteiger partial charge in [0.2, 0.25) is 5.95 Å². The van der Waals surface area contributed by atoms with Crippen LogP contribution in [0.1, 0.15) is 37.7 Å². The van der Waals surface area contributed by atoms with Crippen molar-refractivity contribution >= 4 is 11.8 Å². The summed E-state index contributed by atoms with van der Waals surface area (Å²) in [5.41, 5.74) is 1.14. The molecule has 1 heterocycles. The molecule has 5 nitrogen and oxygen atoms in total. The minimum atomic E-state index is -4.81. The van der Waals surface area contributed by atoms with Crippen LogP contribution in [-0.2, 0) is 6.54 Å². The van der Waals surface area contributed by atoms with E-state index in [4.69, 9.17) is 0 Å². The molecule has 1 aliphatic rings. The first kappa shape index (κ1) is 23.7. The van der Waals surface area contributed by atoms with Gasteiger partial charge in [0.1, 0.15) is 23.2 Å². The molecule has 10 heteroatoms. The molecule has 0 aliphatic heterocycles. The van der Waals surface area contributed by atoms with Crippen molar-refractivity contribution in [3.8, 4) is 17.0 Å². The highest BCUT2D eigenvalue weighted by molar-refractivity contribution is 5.66. The van der Waals surface area contributed by atoms with Crippen molar-refractivity contribution < 1.29 is 26.7 Å². The van der Waals surface area contributed by atoms with Gasteiger partial charge in [-0.3, -0.25) is 0 Å². The second kappa shape index (κ2) is 10.2. The van der Waals surface area contributed by atoms with E-state index in [1.807, 2.05) is 0 Å². The van der Waals surface area contributed by atoms with Gasteiger partial charge in [-0.1, -0.05) is 31.4 Å². The standard InChI is InChI=1S/C24H23F5N4O/c25-17-9-15(10-18(26)12-17)14-30-22-13-21(16-5-4-8-20(11-16)34-24(27,28)29)32-23(33-22)31-19-6-2-1-3-7-19/h4-5,8-13,19H,1-3,6-7,14H2,(H2,30,31,32,33). The van der Waals surface area contributed by atoms with Gasteiger partial charge in [0.15, 0.2) is 0 Å². The fraction of sp³-hybridized carbons (Fsp3) is 0.333. The van der Waals surface area contributed by atoms with Crippen LogP contribution in [-0.4, -0.2) is 22.4 Å². The quantitative estimate of drug-likeness (QED) is 0.371. The van der Waals surface area contributed by atoms with Crippen molar-refractivity contribution in [3.05, 3.63) is 65.7 Å². The molecule has 2 aromatic carbocycles. The molecule has 0 saturated heterocycles. The van der Waals surface area contributed by atoms with Crippen LogP contribution in [0, 0.1) is 11.6 Å². The topological polar surface area (TPSA) is 59.1 Å². The first-order valence-corrected chi connectivity index (χ1v) is 10.9. The molecule has 0 bridgehead atoms. The Morgan fingerprint density at radius 2 is 1.65 bits per heavy atom. The van der Waals surface area contributed by atoms with Crippen LogP contribution < -0.4 is 15.4 Å². The molecule has 1 aliphatic carbocycles. The molecule has 1 aromatic heterocycles. The van der Waals surface area contributed by atoms with Gasteiger partial charge in [-0.15, -0.1) is 13.2 Å². The number of nitrogens with zero attached hydrogens (tertiary/aromatic N) is 2. The molecule has 0 unspecified atom stereocenters. The van der Waals surface area contributed by atoms with E-state index < -0.39 is 18.0 Å². The molecular weight excluding hydrogens is 455 g/mol. The Kier molecular flexibility index (Phi) is 7.14. The molecule has 0 radical (unpaired) electrons. The Bertz CT molecular complexity index is 1110. The highest BCUT2D eigenvalue weighted by Crippen LogP contribution is 2.29. The minimum Gasteiger partial charge on any atom is -0.406 e. The first-order chi connectivity index (χ1) is 16.2. The lowest BCUT2D eigenvalue weighted by atomic mass is 9.96. The number of hydrogen-bond acceptors (Lipinski definition) is 5. The molecule has 34 heavy (non-hydrogen) atoms. The Balaban J connectivity index is 1.62. The summed E-state index contributed by atoms with van der Waals surface area (Å²) in [7, 11) is 0. The summed E-state index contributed by atoms with van der Waals surface area (Å²) < 4.78 is 69.1. The van der Waals surface area contributed by atoms with Crippen LogP contribution in [0.3, 0.4) is 0 Å². The maximum atomic E-state index is 13.5. The van der Waals surface area contributed by atoms with Crippen molar-refractivity contribution in [2.75, 3.05) is 10.6 Å². The van der Waals surface area contributed by atoms with Crippen LogP contribution in [0.15, 0.2) is 48.5 Å². The predicted octanol–water partition coefficient (Wildman–Crippen LogP) is 6.68. The number of alkyl halides is 3. The zero-order valence-electron chi connectivity index (χ0n) is 18.1.